The van der Waals surface area contributed by atoms with Crippen molar-refractivity contribution in [3.8, 4) is 11.1 Å². The second-order valence-corrected chi connectivity index (χ2v) is 8.69. The summed E-state index contributed by atoms with van der Waals surface area (Å²) in [6, 6.07) is 14.7. The maximum absolute atomic E-state index is 12.9. The van der Waals surface area contributed by atoms with E-state index in [0.29, 0.717) is 19.5 Å². The quantitative estimate of drug-likeness (QED) is 0.595. The number of ether oxygens (including phenoxy) is 1. The maximum Gasteiger partial charge on any atom is 0.407 e. The molecule has 3 N–H and O–H groups in total. The SMILES string of the molecule is CC(O)C1CCN(C(=O)C(CC(=O)O)NC(=O)OCC2c3ccccc3-c3ccccc32)C1. The van der Waals surface area contributed by atoms with E-state index in [1.54, 1.807) is 6.92 Å². The Hall–Kier alpha value is -3.39. The van der Waals surface area contributed by atoms with Crippen molar-refractivity contribution in [1.82, 2.24) is 10.2 Å². The van der Waals surface area contributed by atoms with Crippen LogP contribution in [-0.2, 0) is 14.3 Å². The van der Waals surface area contributed by atoms with Gasteiger partial charge in [-0.2, -0.15) is 0 Å². The Morgan fingerprint density at radius 2 is 1.70 bits per heavy atom. The highest BCUT2D eigenvalue weighted by Crippen LogP contribution is 2.44. The van der Waals surface area contributed by atoms with Crippen molar-refractivity contribution < 1.29 is 29.3 Å². The van der Waals surface area contributed by atoms with Crippen LogP contribution in [0.15, 0.2) is 48.5 Å². The molecule has 0 spiro atoms. The van der Waals surface area contributed by atoms with Crippen LogP contribution in [0.3, 0.4) is 0 Å². The number of rotatable bonds is 7. The number of benzene rings is 2. The second kappa shape index (κ2) is 9.62. The molecule has 174 valence electrons. The van der Waals surface area contributed by atoms with Gasteiger partial charge in [0.15, 0.2) is 0 Å². The van der Waals surface area contributed by atoms with E-state index in [0.717, 1.165) is 22.3 Å². The predicted molar refractivity (Wildman–Crippen MR) is 121 cm³/mol. The van der Waals surface area contributed by atoms with Crippen molar-refractivity contribution in [2.75, 3.05) is 19.7 Å². The van der Waals surface area contributed by atoms with Gasteiger partial charge in [-0.05, 0) is 35.6 Å². The van der Waals surface area contributed by atoms with Gasteiger partial charge < -0.3 is 25.2 Å². The maximum atomic E-state index is 12.9. The van der Waals surface area contributed by atoms with Crippen LogP contribution in [0.1, 0.15) is 36.8 Å². The summed E-state index contributed by atoms with van der Waals surface area (Å²) < 4.78 is 5.47. The minimum Gasteiger partial charge on any atom is -0.481 e. The number of carboxylic acid groups (broad SMARTS) is 1. The molecule has 0 aromatic heterocycles. The largest absolute Gasteiger partial charge is 0.481 e. The highest BCUT2D eigenvalue weighted by atomic mass is 16.5. The number of nitrogens with zero attached hydrogens (tertiary/aromatic N) is 1. The lowest BCUT2D eigenvalue weighted by molar-refractivity contribution is -0.142. The number of hydrogen-bond donors (Lipinski definition) is 3. The molecular weight excluding hydrogens is 424 g/mol. The number of amides is 2. The van der Waals surface area contributed by atoms with E-state index in [1.807, 2.05) is 48.5 Å². The van der Waals surface area contributed by atoms with Gasteiger partial charge in [-0.15, -0.1) is 0 Å². The Balaban J connectivity index is 1.41. The number of carbonyl (C=O) groups excluding carboxylic acids is 2. The van der Waals surface area contributed by atoms with Gasteiger partial charge in [0.25, 0.3) is 0 Å². The highest BCUT2D eigenvalue weighted by Gasteiger charge is 2.35. The molecule has 0 radical (unpaired) electrons. The zero-order valence-corrected chi connectivity index (χ0v) is 18.4. The van der Waals surface area contributed by atoms with Crippen LogP contribution < -0.4 is 5.32 Å². The first kappa shape index (κ1) is 22.8. The van der Waals surface area contributed by atoms with Gasteiger partial charge in [-0.25, -0.2) is 4.79 Å². The molecule has 2 aromatic rings. The Morgan fingerprint density at radius 1 is 1.09 bits per heavy atom. The summed E-state index contributed by atoms with van der Waals surface area (Å²) in [5.74, 6) is -1.87. The number of hydrogen-bond acceptors (Lipinski definition) is 5. The summed E-state index contributed by atoms with van der Waals surface area (Å²) in [6.07, 6.45) is -1.30. The minimum absolute atomic E-state index is 0.0612. The molecule has 0 bridgehead atoms. The van der Waals surface area contributed by atoms with Gasteiger partial charge in [-0.1, -0.05) is 48.5 Å². The number of likely N-dealkylation sites (tertiary alicyclic amines) is 1. The predicted octanol–water partition coefficient (Wildman–Crippen LogP) is 2.60. The highest BCUT2D eigenvalue weighted by molar-refractivity contribution is 5.89. The van der Waals surface area contributed by atoms with Crippen molar-refractivity contribution in [2.45, 2.75) is 37.8 Å². The number of aliphatic hydroxyl groups is 1. The summed E-state index contributed by atoms with van der Waals surface area (Å²) in [7, 11) is 0. The fourth-order valence-corrected chi connectivity index (χ4v) is 4.76. The van der Waals surface area contributed by atoms with E-state index in [9.17, 15) is 24.6 Å². The van der Waals surface area contributed by atoms with Crippen LogP contribution in [0.5, 0.6) is 0 Å². The van der Waals surface area contributed by atoms with Gasteiger partial charge in [0.1, 0.15) is 12.6 Å². The van der Waals surface area contributed by atoms with Crippen LogP contribution in [0.25, 0.3) is 11.1 Å². The van der Waals surface area contributed by atoms with E-state index in [1.165, 1.54) is 4.90 Å². The van der Waals surface area contributed by atoms with Crippen molar-refractivity contribution >= 4 is 18.0 Å². The minimum atomic E-state index is -1.23. The average molecular weight is 453 g/mol. The molecule has 3 atom stereocenters. The molecular formula is C25H28N2O6. The van der Waals surface area contributed by atoms with Gasteiger partial charge in [-0.3, -0.25) is 9.59 Å². The molecule has 1 heterocycles. The molecule has 4 rings (SSSR count). The fraction of sp³-hybridized carbons (Fsp3) is 0.400. The first-order valence-corrected chi connectivity index (χ1v) is 11.1. The summed E-state index contributed by atoms with van der Waals surface area (Å²) in [6.45, 7) is 2.49. The Kier molecular flexibility index (Phi) is 6.65. The van der Waals surface area contributed by atoms with Crippen LogP contribution in [0.2, 0.25) is 0 Å². The smallest absolute Gasteiger partial charge is 0.407 e. The summed E-state index contributed by atoms with van der Waals surface area (Å²) in [4.78, 5) is 38.3. The molecule has 1 saturated heterocycles. The number of alkyl carbamates (subject to hydrolysis) is 1. The van der Waals surface area contributed by atoms with E-state index < -0.39 is 36.5 Å². The summed E-state index contributed by atoms with van der Waals surface area (Å²) >= 11 is 0. The molecule has 33 heavy (non-hydrogen) atoms. The molecule has 8 heteroatoms. The summed E-state index contributed by atoms with van der Waals surface area (Å²) in [5.41, 5.74) is 4.32. The first-order valence-electron chi connectivity index (χ1n) is 11.1. The molecule has 3 unspecified atom stereocenters. The van der Waals surface area contributed by atoms with Crippen molar-refractivity contribution in [3.63, 3.8) is 0 Å². The number of carbonyl (C=O) groups is 3. The molecule has 0 saturated carbocycles. The third-order valence-electron chi connectivity index (χ3n) is 6.53. The number of aliphatic hydroxyl groups excluding tert-OH is 1. The van der Waals surface area contributed by atoms with Gasteiger partial charge >= 0.3 is 12.1 Å². The third kappa shape index (κ3) is 4.85. The molecule has 1 aliphatic carbocycles. The lowest BCUT2D eigenvalue weighted by Crippen LogP contribution is -2.49. The normalized spacial score (nSPS) is 18.8. The van der Waals surface area contributed by atoms with Crippen molar-refractivity contribution in [3.05, 3.63) is 59.7 Å². The van der Waals surface area contributed by atoms with Gasteiger partial charge in [0.2, 0.25) is 5.91 Å². The van der Waals surface area contributed by atoms with E-state index >= 15 is 0 Å². The zero-order valence-electron chi connectivity index (χ0n) is 18.4. The number of carboxylic acids is 1. The monoisotopic (exact) mass is 452 g/mol. The van der Waals surface area contributed by atoms with Gasteiger partial charge in [0.05, 0.1) is 12.5 Å². The lowest BCUT2D eigenvalue weighted by atomic mass is 9.98. The molecule has 1 aliphatic heterocycles. The standard InChI is InChI=1S/C25H28N2O6/c1-15(28)16-10-11-27(13-16)24(31)22(12-23(29)30)26-25(32)33-14-21-19-8-4-2-6-17(19)18-7-3-5-9-20(18)21/h2-9,15-16,21-22,28H,10-14H2,1H3,(H,26,32)(H,29,30). The third-order valence-corrected chi connectivity index (χ3v) is 6.53. The zero-order chi connectivity index (χ0) is 23.5. The van der Waals surface area contributed by atoms with E-state index in [4.69, 9.17) is 4.74 Å². The summed E-state index contributed by atoms with van der Waals surface area (Å²) in [5, 5.41) is 21.5. The Labute approximate surface area is 192 Å². The molecule has 8 nitrogen and oxygen atoms in total. The Bertz CT molecular complexity index is 1010. The topological polar surface area (TPSA) is 116 Å². The van der Waals surface area contributed by atoms with Crippen LogP contribution in [0, 0.1) is 5.92 Å². The fourth-order valence-electron chi connectivity index (χ4n) is 4.76. The van der Waals surface area contributed by atoms with E-state index in [2.05, 4.69) is 5.32 Å². The lowest BCUT2D eigenvalue weighted by Gasteiger charge is -2.24. The number of aliphatic carboxylic acids is 1. The van der Waals surface area contributed by atoms with Crippen LogP contribution >= 0.6 is 0 Å². The number of nitrogens with one attached hydrogen (secondary N) is 1. The number of fused-ring (bicyclic) bond motifs is 3. The molecule has 2 amide bonds. The molecule has 2 aromatic carbocycles. The van der Waals surface area contributed by atoms with Gasteiger partial charge in [0, 0.05) is 24.9 Å². The van der Waals surface area contributed by atoms with Crippen LogP contribution in [0.4, 0.5) is 4.79 Å². The first-order chi connectivity index (χ1) is 15.8. The second-order valence-electron chi connectivity index (χ2n) is 8.69. The average Bonchev–Trinajstić information content (AvgIpc) is 3.40. The van der Waals surface area contributed by atoms with Crippen LogP contribution in [-0.4, -0.2) is 64.9 Å². The molecule has 2 aliphatic rings. The molecule has 1 fully saturated rings. The Morgan fingerprint density at radius 3 is 2.24 bits per heavy atom. The van der Waals surface area contributed by atoms with Crippen molar-refractivity contribution in [2.24, 2.45) is 5.92 Å². The van der Waals surface area contributed by atoms with Crippen molar-refractivity contribution in [1.29, 1.82) is 0 Å². The van der Waals surface area contributed by atoms with E-state index in [-0.39, 0.29) is 18.4 Å².